The van der Waals surface area contributed by atoms with Crippen molar-refractivity contribution >= 4 is 11.3 Å². The highest BCUT2D eigenvalue weighted by Gasteiger charge is 2.13. The Kier molecular flexibility index (Phi) is 4.98. The topological polar surface area (TPSA) is 57.4 Å². The van der Waals surface area contributed by atoms with Gasteiger partial charge in [-0.15, -0.1) is 11.3 Å². The fourth-order valence-corrected chi connectivity index (χ4v) is 2.65. The minimum absolute atomic E-state index is 0.0561. The predicted octanol–water partition coefficient (Wildman–Crippen LogP) is 3.63. The Balaban J connectivity index is 2.41. The summed E-state index contributed by atoms with van der Waals surface area (Å²) in [4.78, 5) is 4.58. The third kappa shape index (κ3) is 3.29. The van der Waals surface area contributed by atoms with Crippen LogP contribution in [0.3, 0.4) is 0 Å². The van der Waals surface area contributed by atoms with Gasteiger partial charge in [0.15, 0.2) is 0 Å². The van der Waals surface area contributed by atoms with Crippen molar-refractivity contribution in [3.05, 3.63) is 28.6 Å². The molecule has 0 fully saturated rings. The van der Waals surface area contributed by atoms with Gasteiger partial charge in [-0.1, -0.05) is 0 Å². The van der Waals surface area contributed by atoms with Crippen LogP contribution < -0.4 is 15.2 Å². The predicted molar refractivity (Wildman–Crippen MR) is 82.5 cm³/mol. The first-order chi connectivity index (χ1) is 9.65. The van der Waals surface area contributed by atoms with Crippen molar-refractivity contribution in [2.75, 3.05) is 13.2 Å². The van der Waals surface area contributed by atoms with Gasteiger partial charge >= 0.3 is 0 Å². The van der Waals surface area contributed by atoms with E-state index in [2.05, 4.69) is 4.98 Å². The lowest BCUT2D eigenvalue weighted by molar-refractivity contribution is 0.331. The van der Waals surface area contributed by atoms with E-state index in [4.69, 9.17) is 15.2 Å². The van der Waals surface area contributed by atoms with E-state index in [-0.39, 0.29) is 6.04 Å². The van der Waals surface area contributed by atoms with E-state index in [1.54, 1.807) is 11.3 Å². The Labute approximate surface area is 123 Å². The smallest absolute Gasteiger partial charge is 0.128 e. The number of hydrogen-bond acceptors (Lipinski definition) is 5. The molecule has 1 aromatic carbocycles. The van der Waals surface area contributed by atoms with Crippen molar-refractivity contribution in [1.82, 2.24) is 4.98 Å². The van der Waals surface area contributed by atoms with Crippen LogP contribution in [0.5, 0.6) is 11.5 Å². The highest BCUT2D eigenvalue weighted by atomic mass is 32.1. The monoisotopic (exact) mass is 292 g/mol. The largest absolute Gasteiger partial charge is 0.494 e. The van der Waals surface area contributed by atoms with Crippen LogP contribution >= 0.6 is 11.3 Å². The maximum absolute atomic E-state index is 5.87. The highest BCUT2D eigenvalue weighted by molar-refractivity contribution is 7.10. The van der Waals surface area contributed by atoms with E-state index >= 15 is 0 Å². The van der Waals surface area contributed by atoms with Crippen LogP contribution in [0.4, 0.5) is 0 Å². The van der Waals surface area contributed by atoms with Crippen molar-refractivity contribution in [1.29, 1.82) is 0 Å². The number of nitrogens with zero attached hydrogens (tertiary/aromatic N) is 1. The normalized spacial score (nSPS) is 12.2. The zero-order chi connectivity index (χ0) is 14.5. The zero-order valence-corrected chi connectivity index (χ0v) is 12.9. The lowest BCUT2D eigenvalue weighted by atomic mass is 10.1. The van der Waals surface area contributed by atoms with E-state index in [1.165, 1.54) is 0 Å². The summed E-state index contributed by atoms with van der Waals surface area (Å²) in [5, 5.41) is 2.93. The van der Waals surface area contributed by atoms with E-state index < -0.39 is 0 Å². The van der Waals surface area contributed by atoms with Gasteiger partial charge in [-0.2, -0.15) is 0 Å². The molecule has 5 heteroatoms. The quantitative estimate of drug-likeness (QED) is 0.883. The summed E-state index contributed by atoms with van der Waals surface area (Å²) in [7, 11) is 0. The maximum Gasteiger partial charge on any atom is 0.128 e. The summed E-state index contributed by atoms with van der Waals surface area (Å²) >= 11 is 1.57. The zero-order valence-electron chi connectivity index (χ0n) is 12.1. The Hall–Kier alpha value is -1.59. The Morgan fingerprint density at radius 2 is 2.00 bits per heavy atom. The second-order valence-corrected chi connectivity index (χ2v) is 5.27. The first kappa shape index (κ1) is 14.8. The Morgan fingerprint density at radius 1 is 1.25 bits per heavy atom. The van der Waals surface area contributed by atoms with Crippen molar-refractivity contribution < 1.29 is 9.47 Å². The molecule has 0 aliphatic rings. The van der Waals surface area contributed by atoms with Crippen LogP contribution in [0.15, 0.2) is 23.6 Å². The minimum Gasteiger partial charge on any atom is -0.494 e. The van der Waals surface area contributed by atoms with E-state index in [9.17, 15) is 0 Å². The van der Waals surface area contributed by atoms with Crippen molar-refractivity contribution in [3.8, 4) is 22.8 Å². The molecular formula is C15H20N2O2S. The second-order valence-electron chi connectivity index (χ2n) is 4.38. The molecule has 0 aliphatic heterocycles. The summed E-state index contributed by atoms with van der Waals surface area (Å²) in [5.74, 6) is 1.64. The standard InChI is InChI=1S/C15H20N2O2S/c1-4-18-11-6-7-14(19-5-2)12(8-11)13-9-20-15(17-13)10(3)16/h6-10H,4-5,16H2,1-3H3. The fourth-order valence-electron chi connectivity index (χ4n) is 1.87. The number of hydrogen-bond donors (Lipinski definition) is 1. The molecule has 4 nitrogen and oxygen atoms in total. The number of rotatable bonds is 6. The highest BCUT2D eigenvalue weighted by Crippen LogP contribution is 2.35. The molecular weight excluding hydrogens is 272 g/mol. The van der Waals surface area contributed by atoms with Gasteiger partial charge in [-0.3, -0.25) is 0 Å². The van der Waals surface area contributed by atoms with Crippen LogP contribution in [0, 0.1) is 0 Å². The third-order valence-electron chi connectivity index (χ3n) is 2.75. The van der Waals surface area contributed by atoms with Crippen LogP contribution in [0.25, 0.3) is 11.3 Å². The van der Waals surface area contributed by atoms with Crippen molar-refractivity contribution in [2.45, 2.75) is 26.8 Å². The van der Waals surface area contributed by atoms with Crippen LogP contribution in [-0.4, -0.2) is 18.2 Å². The van der Waals surface area contributed by atoms with Crippen LogP contribution in [0.2, 0.25) is 0 Å². The minimum atomic E-state index is -0.0561. The second kappa shape index (κ2) is 6.72. The molecule has 0 bridgehead atoms. The molecule has 0 radical (unpaired) electrons. The SMILES string of the molecule is CCOc1ccc(OCC)c(-c2csc(C(C)N)n2)c1. The maximum atomic E-state index is 5.87. The molecule has 2 aromatic rings. The molecule has 0 aliphatic carbocycles. The first-order valence-electron chi connectivity index (χ1n) is 6.76. The third-order valence-corrected chi connectivity index (χ3v) is 3.79. The van der Waals surface area contributed by atoms with Gasteiger partial charge in [0, 0.05) is 10.9 Å². The van der Waals surface area contributed by atoms with Crippen LogP contribution in [-0.2, 0) is 0 Å². The molecule has 0 saturated carbocycles. The molecule has 2 rings (SSSR count). The average Bonchev–Trinajstić information content (AvgIpc) is 2.91. The summed E-state index contributed by atoms with van der Waals surface area (Å²) in [5.41, 5.74) is 7.70. The Morgan fingerprint density at radius 3 is 2.60 bits per heavy atom. The van der Waals surface area contributed by atoms with Gasteiger partial charge in [-0.25, -0.2) is 4.98 Å². The molecule has 1 aromatic heterocycles. The van der Waals surface area contributed by atoms with Gasteiger partial charge in [-0.05, 0) is 39.0 Å². The molecule has 0 amide bonds. The molecule has 0 saturated heterocycles. The lowest BCUT2D eigenvalue weighted by Gasteiger charge is -2.11. The van der Waals surface area contributed by atoms with Gasteiger partial charge in [0.1, 0.15) is 16.5 Å². The van der Waals surface area contributed by atoms with E-state index in [0.717, 1.165) is 27.8 Å². The van der Waals surface area contributed by atoms with Crippen molar-refractivity contribution in [2.24, 2.45) is 5.73 Å². The number of aromatic nitrogens is 1. The van der Waals surface area contributed by atoms with E-state index in [1.807, 2.05) is 44.4 Å². The van der Waals surface area contributed by atoms with Crippen molar-refractivity contribution in [3.63, 3.8) is 0 Å². The molecule has 108 valence electrons. The summed E-state index contributed by atoms with van der Waals surface area (Å²) < 4.78 is 11.2. The summed E-state index contributed by atoms with van der Waals surface area (Å²) in [6.45, 7) is 7.12. The van der Waals surface area contributed by atoms with E-state index in [0.29, 0.717) is 13.2 Å². The van der Waals surface area contributed by atoms with Gasteiger partial charge < -0.3 is 15.2 Å². The van der Waals surface area contributed by atoms with Crippen LogP contribution in [0.1, 0.15) is 31.8 Å². The molecule has 20 heavy (non-hydrogen) atoms. The van der Waals surface area contributed by atoms with Gasteiger partial charge in [0.05, 0.1) is 24.9 Å². The molecule has 2 N–H and O–H groups in total. The number of ether oxygens (including phenoxy) is 2. The molecule has 1 atom stereocenters. The molecule has 1 heterocycles. The lowest BCUT2D eigenvalue weighted by Crippen LogP contribution is -2.04. The number of thiazole rings is 1. The molecule has 1 unspecified atom stereocenters. The fraction of sp³-hybridized carbons (Fsp3) is 0.400. The van der Waals surface area contributed by atoms with Gasteiger partial charge in [0.25, 0.3) is 0 Å². The van der Waals surface area contributed by atoms with Gasteiger partial charge in [0.2, 0.25) is 0 Å². The Bertz CT molecular complexity index is 567. The molecule has 0 spiro atoms. The first-order valence-corrected chi connectivity index (χ1v) is 7.64. The summed E-state index contributed by atoms with van der Waals surface area (Å²) in [6.07, 6.45) is 0. The number of nitrogens with two attached hydrogens (primary N) is 1. The summed E-state index contributed by atoms with van der Waals surface area (Å²) in [6, 6.07) is 5.75. The number of benzene rings is 1. The average molecular weight is 292 g/mol.